The van der Waals surface area contributed by atoms with Gasteiger partial charge in [0, 0.05) is 19.3 Å². The Morgan fingerprint density at radius 1 is 1.42 bits per heavy atom. The average Bonchev–Trinajstić information content (AvgIpc) is 2.97. The lowest BCUT2D eigenvalue weighted by molar-refractivity contribution is 0.0947. The first-order valence-corrected chi connectivity index (χ1v) is 8.58. The third-order valence-electron chi connectivity index (χ3n) is 4.68. The van der Waals surface area contributed by atoms with Crippen molar-refractivity contribution in [1.29, 1.82) is 0 Å². The van der Waals surface area contributed by atoms with Crippen LogP contribution in [0.3, 0.4) is 0 Å². The van der Waals surface area contributed by atoms with Gasteiger partial charge in [0.05, 0.1) is 17.5 Å². The van der Waals surface area contributed by atoms with E-state index in [1.54, 1.807) is 17.1 Å². The summed E-state index contributed by atoms with van der Waals surface area (Å²) in [4.78, 5) is 19.1. The van der Waals surface area contributed by atoms with Crippen LogP contribution < -0.4 is 5.32 Å². The molecule has 0 spiro atoms. The number of piperidine rings is 1. The molecule has 0 saturated carbocycles. The molecule has 1 fully saturated rings. The highest BCUT2D eigenvalue weighted by Crippen LogP contribution is 2.18. The zero-order valence-corrected chi connectivity index (χ0v) is 14.4. The van der Waals surface area contributed by atoms with Crippen molar-refractivity contribution in [1.82, 2.24) is 25.0 Å². The molecule has 6 nitrogen and oxygen atoms in total. The molecule has 1 aliphatic rings. The number of rotatable bonds is 5. The zero-order chi connectivity index (χ0) is 16.9. The summed E-state index contributed by atoms with van der Waals surface area (Å²) in [6.07, 6.45) is 6.89. The quantitative estimate of drug-likeness (QED) is 0.913. The molecule has 1 unspecified atom stereocenters. The lowest BCUT2D eigenvalue weighted by atomic mass is 9.95. The largest absolute Gasteiger partial charge is 0.352 e. The highest BCUT2D eigenvalue weighted by molar-refractivity contribution is 5.95. The molecule has 2 aromatic rings. The number of likely N-dealkylation sites (tertiary alicyclic amines) is 1. The number of amides is 1. The number of hydrogen-bond acceptors (Lipinski definition) is 4. The topological polar surface area (TPSA) is 63.1 Å². The number of carbonyl (C=O) groups excluding carboxylic acids is 1. The van der Waals surface area contributed by atoms with Gasteiger partial charge in [0.2, 0.25) is 0 Å². The monoisotopic (exact) mass is 327 g/mol. The van der Waals surface area contributed by atoms with E-state index < -0.39 is 0 Å². The van der Waals surface area contributed by atoms with Crippen molar-refractivity contribution in [2.75, 3.05) is 26.7 Å². The van der Waals surface area contributed by atoms with Crippen LogP contribution in [0.15, 0.2) is 30.6 Å². The van der Waals surface area contributed by atoms with Gasteiger partial charge in [0.25, 0.3) is 5.91 Å². The third kappa shape index (κ3) is 3.82. The lowest BCUT2D eigenvalue weighted by Crippen LogP contribution is -2.34. The second-order valence-electron chi connectivity index (χ2n) is 6.56. The normalized spacial score (nSPS) is 18.5. The number of hydrogen-bond donors (Lipinski definition) is 1. The van der Waals surface area contributed by atoms with Crippen molar-refractivity contribution in [3.8, 4) is 5.82 Å². The maximum Gasteiger partial charge on any atom is 0.254 e. The second kappa shape index (κ2) is 7.57. The van der Waals surface area contributed by atoms with E-state index in [1.807, 2.05) is 25.1 Å². The summed E-state index contributed by atoms with van der Waals surface area (Å²) >= 11 is 0. The minimum atomic E-state index is -0.0566. The molecular formula is C18H25N5O. The van der Waals surface area contributed by atoms with E-state index in [4.69, 9.17) is 0 Å². The number of aromatic nitrogens is 3. The molecule has 0 aromatic carbocycles. The summed E-state index contributed by atoms with van der Waals surface area (Å²) in [6, 6.07) is 5.64. The Kier molecular flexibility index (Phi) is 5.25. The number of pyridine rings is 1. The lowest BCUT2D eigenvalue weighted by Gasteiger charge is -2.29. The molecule has 1 atom stereocenters. The van der Waals surface area contributed by atoms with Crippen LogP contribution in [0.4, 0.5) is 0 Å². The molecule has 3 heterocycles. The summed E-state index contributed by atoms with van der Waals surface area (Å²) in [5.74, 6) is 1.35. The predicted octanol–water partition coefficient (Wildman–Crippen LogP) is 2.04. The van der Waals surface area contributed by atoms with Gasteiger partial charge in [-0.15, -0.1) is 0 Å². The number of nitrogens with one attached hydrogen (secondary N) is 1. The third-order valence-corrected chi connectivity index (χ3v) is 4.68. The summed E-state index contributed by atoms with van der Waals surface area (Å²) in [5, 5.41) is 7.34. The summed E-state index contributed by atoms with van der Waals surface area (Å²) in [6.45, 7) is 4.93. The van der Waals surface area contributed by atoms with Crippen molar-refractivity contribution in [2.24, 2.45) is 5.92 Å². The minimum absolute atomic E-state index is 0.0566. The van der Waals surface area contributed by atoms with Crippen LogP contribution in [0.25, 0.3) is 5.82 Å². The van der Waals surface area contributed by atoms with E-state index in [0.29, 0.717) is 18.0 Å². The van der Waals surface area contributed by atoms with Gasteiger partial charge in [-0.3, -0.25) is 4.79 Å². The molecule has 128 valence electrons. The van der Waals surface area contributed by atoms with E-state index in [0.717, 1.165) is 24.5 Å². The van der Waals surface area contributed by atoms with Crippen LogP contribution in [-0.2, 0) is 0 Å². The molecule has 0 aliphatic carbocycles. The Hall–Kier alpha value is -2.21. The summed E-state index contributed by atoms with van der Waals surface area (Å²) in [5.41, 5.74) is 1.42. The Labute approximate surface area is 142 Å². The van der Waals surface area contributed by atoms with Gasteiger partial charge in [-0.05, 0) is 57.8 Å². The van der Waals surface area contributed by atoms with Gasteiger partial charge >= 0.3 is 0 Å². The van der Waals surface area contributed by atoms with Gasteiger partial charge in [-0.25, -0.2) is 9.67 Å². The minimum Gasteiger partial charge on any atom is -0.352 e. The molecule has 1 saturated heterocycles. The first-order valence-electron chi connectivity index (χ1n) is 8.58. The smallest absolute Gasteiger partial charge is 0.254 e. The van der Waals surface area contributed by atoms with E-state index in [9.17, 15) is 4.79 Å². The molecule has 0 bridgehead atoms. The molecule has 3 rings (SSSR count). The van der Waals surface area contributed by atoms with Gasteiger partial charge < -0.3 is 10.2 Å². The molecule has 1 N–H and O–H groups in total. The fourth-order valence-electron chi connectivity index (χ4n) is 3.34. The van der Waals surface area contributed by atoms with Gasteiger partial charge in [-0.1, -0.05) is 6.07 Å². The predicted molar refractivity (Wildman–Crippen MR) is 93.3 cm³/mol. The first-order chi connectivity index (χ1) is 11.6. The van der Waals surface area contributed by atoms with Crippen molar-refractivity contribution in [3.05, 3.63) is 41.9 Å². The van der Waals surface area contributed by atoms with Crippen molar-refractivity contribution in [2.45, 2.75) is 26.2 Å². The number of nitrogens with zero attached hydrogens (tertiary/aromatic N) is 4. The first kappa shape index (κ1) is 16.6. The Morgan fingerprint density at radius 3 is 3.04 bits per heavy atom. The van der Waals surface area contributed by atoms with E-state index in [1.165, 1.54) is 19.4 Å². The van der Waals surface area contributed by atoms with Crippen molar-refractivity contribution < 1.29 is 4.79 Å². The van der Waals surface area contributed by atoms with Crippen molar-refractivity contribution in [3.63, 3.8) is 0 Å². The fourth-order valence-corrected chi connectivity index (χ4v) is 3.34. The Balaban J connectivity index is 1.57. The zero-order valence-electron chi connectivity index (χ0n) is 14.4. The van der Waals surface area contributed by atoms with Gasteiger partial charge in [-0.2, -0.15) is 5.10 Å². The molecule has 6 heteroatoms. The Bertz CT molecular complexity index is 682. The van der Waals surface area contributed by atoms with Gasteiger partial charge in [0.1, 0.15) is 0 Å². The number of carbonyl (C=O) groups is 1. The molecule has 1 amide bonds. The van der Waals surface area contributed by atoms with Crippen molar-refractivity contribution >= 4 is 5.91 Å². The highest BCUT2D eigenvalue weighted by atomic mass is 16.1. The van der Waals surface area contributed by atoms with E-state index in [2.05, 4.69) is 27.3 Å². The van der Waals surface area contributed by atoms with Crippen LogP contribution in [-0.4, -0.2) is 52.3 Å². The van der Waals surface area contributed by atoms with Gasteiger partial charge in [0.15, 0.2) is 5.82 Å². The molecule has 2 aromatic heterocycles. The molecule has 1 aliphatic heterocycles. The molecule has 24 heavy (non-hydrogen) atoms. The maximum atomic E-state index is 12.4. The standard InChI is InChI=1S/C18H25N5O/c1-14-16(12-21-23(14)17-7-3-4-9-19-17)18(24)20-10-8-15-6-5-11-22(2)13-15/h3-4,7,9,12,15H,5-6,8,10-11,13H2,1-2H3,(H,20,24). The summed E-state index contributed by atoms with van der Waals surface area (Å²) < 4.78 is 1.70. The maximum absolute atomic E-state index is 12.4. The highest BCUT2D eigenvalue weighted by Gasteiger charge is 2.18. The molecular weight excluding hydrogens is 302 g/mol. The summed E-state index contributed by atoms with van der Waals surface area (Å²) in [7, 11) is 2.17. The van der Waals surface area contributed by atoms with E-state index >= 15 is 0 Å². The second-order valence-corrected chi connectivity index (χ2v) is 6.56. The van der Waals surface area contributed by atoms with Crippen LogP contribution in [0.5, 0.6) is 0 Å². The van der Waals surface area contributed by atoms with Crippen LogP contribution in [0.2, 0.25) is 0 Å². The van der Waals surface area contributed by atoms with Crippen LogP contribution in [0, 0.1) is 12.8 Å². The SMILES string of the molecule is Cc1c(C(=O)NCCC2CCCN(C)C2)cnn1-c1ccccn1. The fraction of sp³-hybridized carbons (Fsp3) is 0.500. The molecule has 0 radical (unpaired) electrons. The average molecular weight is 327 g/mol. The van der Waals surface area contributed by atoms with Crippen LogP contribution >= 0.6 is 0 Å². The van der Waals surface area contributed by atoms with Crippen LogP contribution in [0.1, 0.15) is 35.3 Å². The Morgan fingerprint density at radius 2 is 2.29 bits per heavy atom. The van der Waals surface area contributed by atoms with E-state index in [-0.39, 0.29) is 5.91 Å².